The first-order valence-corrected chi connectivity index (χ1v) is 16.5. The van der Waals surface area contributed by atoms with Gasteiger partial charge in [0, 0.05) is 26.1 Å². The summed E-state index contributed by atoms with van der Waals surface area (Å²) in [6.07, 6.45) is 0.175. The van der Waals surface area contributed by atoms with Gasteiger partial charge in [-0.1, -0.05) is 77.3 Å². The lowest BCUT2D eigenvalue weighted by Gasteiger charge is -2.33. The van der Waals surface area contributed by atoms with Crippen molar-refractivity contribution < 1.29 is 27.5 Å². The number of carbonyl (C=O) groups is 2. The molecule has 0 radical (unpaired) electrons. The number of hydrogen-bond acceptors (Lipinski definition) is 6. The van der Waals surface area contributed by atoms with Crippen molar-refractivity contribution in [2.75, 3.05) is 32.1 Å². The quantitative estimate of drug-likeness (QED) is 0.188. The smallest absolute Gasteiger partial charge is 0.264 e. The molecule has 2 amide bonds. The van der Waals surface area contributed by atoms with Crippen molar-refractivity contribution in [1.29, 1.82) is 0 Å². The standard InChI is InChI=1S/C34H35Cl2N3O6S/c1-23-10-14-27(15-11-23)46(42,43)39(26-13-17-31(44-3)32(20-26)45-4)22-33(40)38(21-25-12-16-28(35)29(36)18-25)30(34(41)37-2)19-24-8-6-5-7-9-24/h5-18,20,30H,19,21-22H2,1-4H3,(H,37,41). The molecule has 9 nitrogen and oxygen atoms in total. The maximum absolute atomic E-state index is 14.5. The number of anilines is 1. The van der Waals surface area contributed by atoms with Gasteiger partial charge >= 0.3 is 0 Å². The topological polar surface area (TPSA) is 105 Å². The number of methoxy groups -OCH3 is 2. The Bertz CT molecular complexity index is 1790. The minimum absolute atomic E-state index is 0.0103. The van der Waals surface area contributed by atoms with Gasteiger partial charge in [-0.25, -0.2) is 8.42 Å². The normalized spacial score (nSPS) is 11.8. The van der Waals surface area contributed by atoms with Crippen LogP contribution in [0.1, 0.15) is 16.7 Å². The molecular formula is C34H35Cl2N3O6S. The molecule has 0 fully saturated rings. The van der Waals surface area contributed by atoms with Crippen molar-refractivity contribution in [3.63, 3.8) is 0 Å². The lowest BCUT2D eigenvalue weighted by atomic mass is 10.0. The van der Waals surface area contributed by atoms with Crippen molar-refractivity contribution in [2.45, 2.75) is 30.8 Å². The van der Waals surface area contributed by atoms with E-state index in [-0.39, 0.29) is 34.3 Å². The summed E-state index contributed by atoms with van der Waals surface area (Å²) >= 11 is 12.5. The van der Waals surface area contributed by atoms with Crippen molar-refractivity contribution in [2.24, 2.45) is 0 Å². The second kappa shape index (κ2) is 15.4. The summed E-state index contributed by atoms with van der Waals surface area (Å²) in [4.78, 5) is 29.2. The van der Waals surface area contributed by atoms with Crippen LogP contribution in [0.25, 0.3) is 0 Å². The number of rotatable bonds is 13. The molecular weight excluding hydrogens is 649 g/mol. The van der Waals surface area contributed by atoms with Crippen molar-refractivity contribution in [1.82, 2.24) is 10.2 Å². The molecule has 4 aromatic rings. The molecule has 0 saturated heterocycles. The second-order valence-electron chi connectivity index (χ2n) is 10.5. The number of benzene rings is 4. The number of nitrogens with zero attached hydrogens (tertiary/aromatic N) is 2. The zero-order chi connectivity index (χ0) is 33.4. The highest BCUT2D eigenvalue weighted by molar-refractivity contribution is 7.92. The average Bonchev–Trinajstić information content (AvgIpc) is 3.06. The van der Waals surface area contributed by atoms with Crippen LogP contribution in [-0.4, -0.2) is 59.0 Å². The summed E-state index contributed by atoms with van der Waals surface area (Å²) in [5.41, 5.74) is 2.45. The van der Waals surface area contributed by atoms with E-state index < -0.39 is 34.4 Å². The Morgan fingerprint density at radius 2 is 1.50 bits per heavy atom. The SMILES string of the molecule is CNC(=O)C(Cc1ccccc1)N(Cc1ccc(Cl)c(Cl)c1)C(=O)CN(c1ccc(OC)c(OC)c1)S(=O)(=O)c1ccc(C)cc1. The fourth-order valence-electron chi connectivity index (χ4n) is 4.90. The van der Waals surface area contributed by atoms with Crippen molar-refractivity contribution in [3.05, 3.63) is 118 Å². The van der Waals surface area contributed by atoms with Crippen LogP contribution in [0, 0.1) is 6.92 Å². The van der Waals surface area contributed by atoms with Crippen LogP contribution in [0.15, 0.2) is 95.9 Å². The van der Waals surface area contributed by atoms with E-state index in [0.29, 0.717) is 16.3 Å². The van der Waals surface area contributed by atoms with E-state index in [2.05, 4.69) is 5.32 Å². The van der Waals surface area contributed by atoms with E-state index >= 15 is 0 Å². The molecule has 1 N–H and O–H groups in total. The fraction of sp³-hybridized carbons (Fsp3) is 0.235. The highest BCUT2D eigenvalue weighted by Crippen LogP contribution is 2.34. The van der Waals surface area contributed by atoms with Gasteiger partial charge in [0.05, 0.1) is 34.8 Å². The zero-order valence-corrected chi connectivity index (χ0v) is 28.2. The molecule has 0 aliphatic heterocycles. The summed E-state index contributed by atoms with van der Waals surface area (Å²) in [5.74, 6) is -0.386. The van der Waals surface area contributed by atoms with Gasteiger partial charge in [-0.15, -0.1) is 0 Å². The molecule has 12 heteroatoms. The Morgan fingerprint density at radius 3 is 2.11 bits per heavy atom. The lowest BCUT2D eigenvalue weighted by molar-refractivity contribution is -0.139. The Kier molecular flexibility index (Phi) is 11.6. The Morgan fingerprint density at radius 1 is 0.826 bits per heavy atom. The van der Waals surface area contributed by atoms with Crippen LogP contribution >= 0.6 is 23.2 Å². The Balaban J connectivity index is 1.84. The predicted molar refractivity (Wildman–Crippen MR) is 180 cm³/mol. The van der Waals surface area contributed by atoms with Crippen LogP contribution in [0.4, 0.5) is 5.69 Å². The minimum atomic E-state index is -4.29. The van der Waals surface area contributed by atoms with E-state index in [1.807, 2.05) is 37.3 Å². The first-order valence-electron chi connectivity index (χ1n) is 14.3. The molecule has 0 heterocycles. The average molecular weight is 685 g/mol. The maximum atomic E-state index is 14.5. The minimum Gasteiger partial charge on any atom is -0.493 e. The van der Waals surface area contributed by atoms with Crippen LogP contribution < -0.4 is 19.1 Å². The van der Waals surface area contributed by atoms with Crippen molar-refractivity contribution >= 4 is 50.7 Å². The molecule has 0 spiro atoms. The van der Waals surface area contributed by atoms with Crippen LogP contribution in [0.3, 0.4) is 0 Å². The second-order valence-corrected chi connectivity index (χ2v) is 13.1. The van der Waals surface area contributed by atoms with Gasteiger partial charge in [-0.05, 0) is 54.4 Å². The summed E-state index contributed by atoms with van der Waals surface area (Å²) < 4.78 is 40.2. The molecule has 4 aromatic carbocycles. The number of likely N-dealkylation sites (N-methyl/N-ethyl adjacent to an activating group) is 1. The van der Waals surface area contributed by atoms with Crippen LogP contribution in [-0.2, 0) is 32.6 Å². The number of ether oxygens (including phenoxy) is 2. The summed E-state index contributed by atoms with van der Waals surface area (Å²) in [6.45, 7) is 1.17. The number of hydrogen-bond donors (Lipinski definition) is 1. The fourth-order valence-corrected chi connectivity index (χ4v) is 6.63. The van der Waals surface area contributed by atoms with Crippen molar-refractivity contribution in [3.8, 4) is 11.5 Å². The Hall–Kier alpha value is -4.25. The predicted octanol–water partition coefficient (Wildman–Crippen LogP) is 5.90. The molecule has 0 saturated carbocycles. The first-order chi connectivity index (χ1) is 22.0. The van der Waals surface area contributed by atoms with E-state index in [0.717, 1.165) is 15.4 Å². The van der Waals surface area contributed by atoms with Gasteiger partial charge in [-0.2, -0.15) is 0 Å². The summed E-state index contributed by atoms with van der Waals surface area (Å²) in [6, 6.07) is 24.1. The van der Waals surface area contributed by atoms with E-state index in [4.69, 9.17) is 32.7 Å². The number of carbonyl (C=O) groups excluding carboxylic acids is 2. The van der Waals surface area contributed by atoms with Crippen LogP contribution in [0.2, 0.25) is 10.0 Å². The zero-order valence-electron chi connectivity index (χ0n) is 25.9. The number of amides is 2. The maximum Gasteiger partial charge on any atom is 0.264 e. The molecule has 46 heavy (non-hydrogen) atoms. The third-order valence-corrected chi connectivity index (χ3v) is 9.92. The highest BCUT2D eigenvalue weighted by Gasteiger charge is 2.34. The number of halogens is 2. The van der Waals surface area contributed by atoms with Gasteiger partial charge in [0.1, 0.15) is 12.6 Å². The van der Waals surface area contributed by atoms with Gasteiger partial charge in [0.25, 0.3) is 10.0 Å². The summed E-state index contributed by atoms with van der Waals surface area (Å²) in [7, 11) is 0.0961. The molecule has 4 rings (SSSR count). The third-order valence-electron chi connectivity index (χ3n) is 7.40. The van der Waals surface area contributed by atoms with E-state index in [9.17, 15) is 18.0 Å². The van der Waals surface area contributed by atoms with Gasteiger partial charge in [0.2, 0.25) is 11.8 Å². The molecule has 0 aliphatic rings. The number of sulfonamides is 1. The molecule has 0 aliphatic carbocycles. The molecule has 0 aromatic heterocycles. The molecule has 1 atom stereocenters. The largest absolute Gasteiger partial charge is 0.493 e. The van der Waals surface area contributed by atoms with Gasteiger partial charge in [-0.3, -0.25) is 13.9 Å². The lowest BCUT2D eigenvalue weighted by Crippen LogP contribution is -2.53. The monoisotopic (exact) mass is 683 g/mol. The first kappa shape index (κ1) is 34.6. The van der Waals surface area contributed by atoms with Crippen LogP contribution in [0.5, 0.6) is 11.5 Å². The highest BCUT2D eigenvalue weighted by atomic mass is 35.5. The molecule has 242 valence electrons. The third kappa shape index (κ3) is 8.12. The molecule has 1 unspecified atom stereocenters. The molecule has 0 bridgehead atoms. The summed E-state index contributed by atoms with van der Waals surface area (Å²) in [5, 5.41) is 3.27. The van der Waals surface area contributed by atoms with E-state index in [1.54, 1.807) is 36.4 Å². The number of aryl methyl sites for hydroxylation is 1. The van der Waals surface area contributed by atoms with E-state index in [1.165, 1.54) is 50.4 Å². The van der Waals surface area contributed by atoms with Gasteiger partial charge in [0.15, 0.2) is 11.5 Å². The number of nitrogens with one attached hydrogen (secondary N) is 1. The Labute approximate surface area is 279 Å². The van der Waals surface area contributed by atoms with Gasteiger partial charge < -0.3 is 19.7 Å².